The number of allylic oxidation sites excluding steroid dienone is 1. The molecule has 0 amide bonds. The molecule has 1 fully saturated rings. The first-order chi connectivity index (χ1) is 9.16. The third-order valence-corrected chi connectivity index (χ3v) is 4.18. The van der Waals surface area contributed by atoms with E-state index in [0.717, 1.165) is 11.5 Å². The quantitative estimate of drug-likeness (QED) is 0.764. The number of aliphatic hydroxyl groups is 1. The normalized spacial score (nSPS) is 20.1. The minimum atomic E-state index is -0.374. The Morgan fingerprint density at radius 3 is 2.21 bits per heavy atom. The Bertz CT molecular complexity index is 406. The van der Waals surface area contributed by atoms with E-state index >= 15 is 0 Å². The lowest BCUT2D eigenvalue weighted by Gasteiger charge is -2.15. The molecule has 104 valence electrons. The van der Waals surface area contributed by atoms with Crippen LogP contribution in [0, 0.1) is 0 Å². The van der Waals surface area contributed by atoms with Crippen molar-refractivity contribution in [2.75, 3.05) is 0 Å². The minimum absolute atomic E-state index is 0.374. The summed E-state index contributed by atoms with van der Waals surface area (Å²) in [6, 6.07) is 8.97. The van der Waals surface area contributed by atoms with Crippen LogP contribution >= 0.6 is 0 Å². The van der Waals surface area contributed by atoms with Crippen molar-refractivity contribution in [3.63, 3.8) is 0 Å². The predicted octanol–water partition coefficient (Wildman–Crippen LogP) is 4.91. The lowest BCUT2D eigenvalue weighted by molar-refractivity contribution is 0.244. The summed E-state index contributed by atoms with van der Waals surface area (Å²) >= 11 is 0. The average molecular weight is 258 g/mol. The summed E-state index contributed by atoms with van der Waals surface area (Å²) in [6.07, 6.45) is 9.81. The zero-order valence-corrected chi connectivity index (χ0v) is 12.2. The Labute approximate surface area is 117 Å². The number of aliphatic hydroxyl groups excluding tert-OH is 1. The zero-order chi connectivity index (χ0) is 13.7. The number of hydrogen-bond donors (Lipinski definition) is 1. The Morgan fingerprint density at radius 1 is 1.11 bits per heavy atom. The molecule has 1 nitrogen and oxygen atoms in total. The molecule has 0 radical (unpaired) electrons. The van der Waals surface area contributed by atoms with E-state index in [1.54, 1.807) is 6.92 Å². The molecule has 0 aliphatic heterocycles. The maximum Gasteiger partial charge on any atom is 0.0698 e. The number of benzene rings is 1. The summed E-state index contributed by atoms with van der Waals surface area (Å²) in [7, 11) is 0. The van der Waals surface area contributed by atoms with Gasteiger partial charge in [0.15, 0.2) is 0 Å². The second-order valence-corrected chi connectivity index (χ2v) is 5.90. The maximum absolute atomic E-state index is 9.40. The highest BCUT2D eigenvalue weighted by molar-refractivity contribution is 5.64. The van der Waals surface area contributed by atoms with Gasteiger partial charge in [-0.3, -0.25) is 0 Å². The van der Waals surface area contributed by atoms with E-state index in [1.165, 1.54) is 49.7 Å². The van der Waals surface area contributed by atoms with E-state index in [2.05, 4.69) is 31.2 Å². The molecule has 1 aliphatic rings. The van der Waals surface area contributed by atoms with E-state index < -0.39 is 0 Å². The number of hydrogen-bond acceptors (Lipinski definition) is 1. The highest BCUT2D eigenvalue weighted by Gasteiger charge is 2.14. The van der Waals surface area contributed by atoms with E-state index in [1.807, 2.05) is 6.08 Å². The van der Waals surface area contributed by atoms with Crippen LogP contribution in [0.4, 0.5) is 0 Å². The van der Waals surface area contributed by atoms with Crippen molar-refractivity contribution < 1.29 is 5.11 Å². The van der Waals surface area contributed by atoms with E-state index in [-0.39, 0.29) is 6.10 Å². The van der Waals surface area contributed by atoms with Gasteiger partial charge in [0.2, 0.25) is 0 Å². The molecule has 0 saturated heterocycles. The molecular formula is C18H26O. The van der Waals surface area contributed by atoms with Gasteiger partial charge in [-0.25, -0.2) is 0 Å². The van der Waals surface area contributed by atoms with E-state index in [9.17, 15) is 5.11 Å². The third kappa shape index (κ3) is 4.21. The monoisotopic (exact) mass is 258 g/mol. The molecule has 1 N–H and O–H groups in total. The molecule has 19 heavy (non-hydrogen) atoms. The molecule has 0 heterocycles. The fourth-order valence-electron chi connectivity index (χ4n) is 3.09. The van der Waals surface area contributed by atoms with Gasteiger partial charge in [-0.1, -0.05) is 56.0 Å². The van der Waals surface area contributed by atoms with Crippen LogP contribution in [0.1, 0.15) is 69.4 Å². The smallest absolute Gasteiger partial charge is 0.0698 e. The van der Waals surface area contributed by atoms with Crippen molar-refractivity contribution >= 4 is 5.57 Å². The van der Waals surface area contributed by atoms with Gasteiger partial charge in [0, 0.05) is 0 Å². The molecule has 1 aromatic carbocycles. The molecule has 1 unspecified atom stereocenters. The molecule has 1 aromatic rings. The van der Waals surface area contributed by atoms with Crippen molar-refractivity contribution in [2.45, 2.75) is 64.4 Å². The molecule has 0 aromatic heterocycles. The maximum atomic E-state index is 9.40. The molecule has 2 rings (SSSR count). The Morgan fingerprint density at radius 2 is 1.68 bits per heavy atom. The lowest BCUT2D eigenvalue weighted by atomic mass is 9.90. The van der Waals surface area contributed by atoms with Crippen molar-refractivity contribution in [1.29, 1.82) is 0 Å². The molecule has 1 aliphatic carbocycles. The van der Waals surface area contributed by atoms with E-state index in [4.69, 9.17) is 0 Å². The summed E-state index contributed by atoms with van der Waals surface area (Å²) < 4.78 is 0. The standard InChI is InChI=1S/C18H26O/c1-14(13-15(2)19)16-9-11-18(12-10-16)17-7-5-3-4-6-8-17/h9-13,15,17,19H,3-8H2,1-2H3. The van der Waals surface area contributed by atoms with Gasteiger partial charge >= 0.3 is 0 Å². The molecule has 1 heteroatoms. The second-order valence-electron chi connectivity index (χ2n) is 5.90. The van der Waals surface area contributed by atoms with Gasteiger partial charge in [0.1, 0.15) is 0 Å². The highest BCUT2D eigenvalue weighted by atomic mass is 16.3. The first kappa shape index (κ1) is 14.3. The fourth-order valence-corrected chi connectivity index (χ4v) is 3.09. The topological polar surface area (TPSA) is 20.2 Å². The van der Waals surface area contributed by atoms with Crippen LogP contribution in [-0.4, -0.2) is 11.2 Å². The van der Waals surface area contributed by atoms with Gasteiger partial charge in [-0.2, -0.15) is 0 Å². The molecule has 0 bridgehead atoms. The van der Waals surface area contributed by atoms with E-state index in [0.29, 0.717) is 0 Å². The summed E-state index contributed by atoms with van der Waals surface area (Å²) in [5, 5.41) is 9.40. The summed E-state index contributed by atoms with van der Waals surface area (Å²) in [6.45, 7) is 3.86. The van der Waals surface area contributed by atoms with Gasteiger partial charge in [0.25, 0.3) is 0 Å². The fraction of sp³-hybridized carbons (Fsp3) is 0.556. The lowest BCUT2D eigenvalue weighted by Crippen LogP contribution is -1.98. The van der Waals surface area contributed by atoms with Crippen LogP contribution in [0.15, 0.2) is 30.3 Å². The largest absolute Gasteiger partial charge is 0.389 e. The third-order valence-electron chi connectivity index (χ3n) is 4.18. The zero-order valence-electron chi connectivity index (χ0n) is 12.2. The highest BCUT2D eigenvalue weighted by Crippen LogP contribution is 2.32. The van der Waals surface area contributed by atoms with Crippen LogP contribution in [0.25, 0.3) is 5.57 Å². The van der Waals surface area contributed by atoms with Gasteiger partial charge in [0.05, 0.1) is 6.10 Å². The van der Waals surface area contributed by atoms with Crippen LogP contribution in [0.2, 0.25) is 0 Å². The van der Waals surface area contributed by atoms with Gasteiger partial charge < -0.3 is 5.11 Å². The van der Waals surface area contributed by atoms with Crippen molar-refractivity contribution in [2.24, 2.45) is 0 Å². The minimum Gasteiger partial charge on any atom is -0.389 e. The predicted molar refractivity (Wildman–Crippen MR) is 82.2 cm³/mol. The first-order valence-electron chi connectivity index (χ1n) is 7.63. The first-order valence-corrected chi connectivity index (χ1v) is 7.63. The van der Waals surface area contributed by atoms with Crippen LogP contribution in [0.5, 0.6) is 0 Å². The van der Waals surface area contributed by atoms with Crippen molar-refractivity contribution in [3.05, 3.63) is 41.5 Å². The van der Waals surface area contributed by atoms with Gasteiger partial charge in [-0.15, -0.1) is 0 Å². The number of rotatable bonds is 3. The molecule has 0 spiro atoms. The molecular weight excluding hydrogens is 232 g/mol. The summed E-state index contributed by atoms with van der Waals surface area (Å²) in [5.41, 5.74) is 3.87. The average Bonchev–Trinajstić information content (AvgIpc) is 2.67. The Hall–Kier alpha value is -1.08. The summed E-state index contributed by atoms with van der Waals surface area (Å²) in [5.74, 6) is 0.762. The molecule has 1 atom stereocenters. The van der Waals surface area contributed by atoms with Crippen molar-refractivity contribution in [3.8, 4) is 0 Å². The van der Waals surface area contributed by atoms with Crippen LogP contribution in [0.3, 0.4) is 0 Å². The summed E-state index contributed by atoms with van der Waals surface area (Å²) in [4.78, 5) is 0. The van der Waals surface area contributed by atoms with Gasteiger partial charge in [-0.05, 0) is 49.3 Å². The second kappa shape index (κ2) is 6.91. The Balaban J connectivity index is 2.09. The Kier molecular flexibility index (Phi) is 5.21. The molecule has 1 saturated carbocycles. The van der Waals surface area contributed by atoms with Crippen LogP contribution in [-0.2, 0) is 0 Å². The van der Waals surface area contributed by atoms with Crippen molar-refractivity contribution in [1.82, 2.24) is 0 Å². The van der Waals surface area contributed by atoms with Crippen LogP contribution < -0.4 is 0 Å². The SMILES string of the molecule is CC(=CC(C)O)c1ccc(C2CCCCCC2)cc1.